The van der Waals surface area contributed by atoms with Crippen LogP contribution < -0.4 is 10.2 Å². The molecule has 1 aliphatic rings. The number of aryl methyl sites for hydroxylation is 1. The Morgan fingerprint density at radius 3 is 2.89 bits per heavy atom. The first kappa shape index (κ1) is 12.3. The van der Waals surface area contributed by atoms with Crippen molar-refractivity contribution in [2.75, 3.05) is 18.5 Å². The van der Waals surface area contributed by atoms with E-state index in [0.717, 1.165) is 11.3 Å². The van der Waals surface area contributed by atoms with Crippen LogP contribution in [0, 0.1) is 0 Å². The molecule has 1 heterocycles. The van der Waals surface area contributed by atoms with E-state index in [9.17, 15) is 14.4 Å². The molecule has 0 bridgehead atoms. The van der Waals surface area contributed by atoms with E-state index in [-0.39, 0.29) is 18.4 Å². The van der Waals surface area contributed by atoms with E-state index in [1.807, 2.05) is 0 Å². The lowest BCUT2D eigenvalue weighted by atomic mass is 9.98. The Bertz CT molecular complexity index is 511. The molecule has 0 saturated heterocycles. The normalized spacial score (nSPS) is 14.1. The SMILES string of the molecule is CNC(=O)c1ccc2c(c1)CCC(=O)N2CC=O. The molecule has 5 nitrogen and oxygen atoms in total. The summed E-state index contributed by atoms with van der Waals surface area (Å²) in [5.74, 6) is -0.209. The molecule has 18 heavy (non-hydrogen) atoms. The monoisotopic (exact) mass is 246 g/mol. The maximum atomic E-state index is 11.7. The van der Waals surface area contributed by atoms with E-state index >= 15 is 0 Å². The summed E-state index contributed by atoms with van der Waals surface area (Å²) in [6.45, 7) is 0.0607. The molecular formula is C13H14N2O3. The molecule has 1 aliphatic heterocycles. The Hall–Kier alpha value is -2.17. The van der Waals surface area contributed by atoms with Gasteiger partial charge in [0.2, 0.25) is 5.91 Å². The minimum absolute atomic E-state index is 0.0534. The smallest absolute Gasteiger partial charge is 0.251 e. The highest BCUT2D eigenvalue weighted by atomic mass is 16.2. The molecule has 0 aromatic heterocycles. The van der Waals surface area contributed by atoms with Crippen molar-refractivity contribution in [1.82, 2.24) is 5.32 Å². The zero-order valence-corrected chi connectivity index (χ0v) is 10.1. The molecule has 1 aromatic carbocycles. The Morgan fingerprint density at radius 1 is 1.44 bits per heavy atom. The fraction of sp³-hybridized carbons (Fsp3) is 0.308. The molecule has 2 rings (SSSR count). The summed E-state index contributed by atoms with van der Waals surface area (Å²) in [5, 5.41) is 2.56. The zero-order chi connectivity index (χ0) is 13.1. The van der Waals surface area contributed by atoms with Crippen LogP contribution in [-0.2, 0) is 16.0 Å². The van der Waals surface area contributed by atoms with Crippen LogP contribution in [0.3, 0.4) is 0 Å². The van der Waals surface area contributed by atoms with E-state index in [4.69, 9.17) is 0 Å². The molecule has 0 radical (unpaired) electrons. The van der Waals surface area contributed by atoms with Crippen LogP contribution in [0.2, 0.25) is 0 Å². The van der Waals surface area contributed by atoms with Crippen molar-refractivity contribution in [3.63, 3.8) is 0 Å². The summed E-state index contributed by atoms with van der Waals surface area (Å²) in [6, 6.07) is 5.16. The number of carbonyl (C=O) groups is 3. The van der Waals surface area contributed by atoms with Crippen LogP contribution in [0.15, 0.2) is 18.2 Å². The van der Waals surface area contributed by atoms with Crippen molar-refractivity contribution in [3.8, 4) is 0 Å². The lowest BCUT2D eigenvalue weighted by molar-refractivity contribution is -0.120. The van der Waals surface area contributed by atoms with Crippen LogP contribution in [0.4, 0.5) is 5.69 Å². The first-order valence-corrected chi connectivity index (χ1v) is 5.76. The van der Waals surface area contributed by atoms with Crippen LogP contribution in [-0.4, -0.2) is 31.7 Å². The lowest BCUT2D eigenvalue weighted by Gasteiger charge is -2.28. The molecule has 0 spiro atoms. The Kier molecular flexibility index (Phi) is 3.41. The van der Waals surface area contributed by atoms with Gasteiger partial charge in [0.1, 0.15) is 6.29 Å². The summed E-state index contributed by atoms with van der Waals surface area (Å²) >= 11 is 0. The van der Waals surface area contributed by atoms with Crippen molar-refractivity contribution in [2.24, 2.45) is 0 Å². The average molecular weight is 246 g/mol. The first-order chi connectivity index (χ1) is 8.67. The van der Waals surface area contributed by atoms with E-state index in [1.54, 1.807) is 25.2 Å². The third-order valence-corrected chi connectivity index (χ3v) is 3.03. The predicted molar refractivity (Wildman–Crippen MR) is 66.6 cm³/mol. The molecule has 0 unspecified atom stereocenters. The fourth-order valence-electron chi connectivity index (χ4n) is 2.12. The number of hydrogen-bond donors (Lipinski definition) is 1. The van der Waals surface area contributed by atoms with Gasteiger partial charge in [-0.15, -0.1) is 0 Å². The highest BCUT2D eigenvalue weighted by Crippen LogP contribution is 2.28. The van der Waals surface area contributed by atoms with Gasteiger partial charge in [-0.2, -0.15) is 0 Å². The maximum absolute atomic E-state index is 11.7. The largest absolute Gasteiger partial charge is 0.355 e. The quantitative estimate of drug-likeness (QED) is 0.791. The van der Waals surface area contributed by atoms with Gasteiger partial charge in [-0.25, -0.2) is 0 Å². The van der Waals surface area contributed by atoms with Crippen LogP contribution in [0.25, 0.3) is 0 Å². The van der Waals surface area contributed by atoms with Crippen LogP contribution >= 0.6 is 0 Å². The van der Waals surface area contributed by atoms with Gasteiger partial charge in [-0.05, 0) is 30.2 Å². The van der Waals surface area contributed by atoms with Crippen LogP contribution in [0.1, 0.15) is 22.3 Å². The third-order valence-electron chi connectivity index (χ3n) is 3.03. The second-order valence-electron chi connectivity index (χ2n) is 4.09. The summed E-state index contributed by atoms with van der Waals surface area (Å²) in [6.07, 6.45) is 1.69. The number of rotatable bonds is 3. The maximum Gasteiger partial charge on any atom is 0.251 e. The molecule has 0 saturated carbocycles. The number of hydrogen-bond acceptors (Lipinski definition) is 3. The second-order valence-corrected chi connectivity index (χ2v) is 4.09. The van der Waals surface area contributed by atoms with Crippen LogP contribution in [0.5, 0.6) is 0 Å². The van der Waals surface area contributed by atoms with Gasteiger partial charge in [0.25, 0.3) is 5.91 Å². The Morgan fingerprint density at radius 2 is 2.22 bits per heavy atom. The van der Waals surface area contributed by atoms with Gasteiger partial charge in [0.15, 0.2) is 0 Å². The Balaban J connectivity index is 2.39. The summed E-state index contributed by atoms with van der Waals surface area (Å²) in [4.78, 5) is 35.3. The average Bonchev–Trinajstić information content (AvgIpc) is 2.40. The molecule has 1 aromatic rings. The number of amides is 2. The number of nitrogens with zero attached hydrogens (tertiary/aromatic N) is 1. The summed E-state index contributed by atoms with van der Waals surface area (Å²) in [7, 11) is 1.57. The molecule has 0 atom stereocenters. The van der Waals surface area contributed by atoms with Gasteiger partial charge < -0.3 is 15.0 Å². The van der Waals surface area contributed by atoms with E-state index < -0.39 is 0 Å². The predicted octanol–water partition coefficient (Wildman–Crippen LogP) is 0.524. The highest BCUT2D eigenvalue weighted by Gasteiger charge is 2.24. The lowest BCUT2D eigenvalue weighted by Crippen LogP contribution is -2.36. The Labute approximate surface area is 105 Å². The van der Waals surface area contributed by atoms with Gasteiger partial charge in [-0.1, -0.05) is 0 Å². The van der Waals surface area contributed by atoms with Crippen molar-refractivity contribution in [3.05, 3.63) is 29.3 Å². The molecule has 0 fully saturated rings. The molecule has 94 valence electrons. The molecule has 1 N–H and O–H groups in total. The number of nitrogens with one attached hydrogen (secondary N) is 1. The number of aldehydes is 1. The van der Waals surface area contributed by atoms with Crippen molar-refractivity contribution in [2.45, 2.75) is 12.8 Å². The number of fused-ring (bicyclic) bond motifs is 1. The van der Waals surface area contributed by atoms with Gasteiger partial charge in [-0.3, -0.25) is 9.59 Å². The van der Waals surface area contributed by atoms with E-state index in [0.29, 0.717) is 24.7 Å². The van der Waals surface area contributed by atoms with Gasteiger partial charge in [0, 0.05) is 24.7 Å². The molecule has 2 amide bonds. The minimum Gasteiger partial charge on any atom is -0.355 e. The highest BCUT2D eigenvalue weighted by molar-refractivity contribution is 6.00. The topological polar surface area (TPSA) is 66.5 Å². The third kappa shape index (κ3) is 2.11. The summed E-state index contributed by atoms with van der Waals surface area (Å²) in [5.41, 5.74) is 2.22. The van der Waals surface area contributed by atoms with Gasteiger partial charge >= 0.3 is 0 Å². The molecule has 5 heteroatoms. The number of benzene rings is 1. The van der Waals surface area contributed by atoms with Crippen molar-refractivity contribution >= 4 is 23.8 Å². The standard InChI is InChI=1S/C13H14N2O3/c1-14-13(18)10-2-4-11-9(8-10)3-5-12(17)15(11)6-7-16/h2,4,7-8H,3,5-6H2,1H3,(H,14,18). The van der Waals surface area contributed by atoms with Crippen molar-refractivity contribution in [1.29, 1.82) is 0 Å². The van der Waals surface area contributed by atoms with Gasteiger partial charge in [0.05, 0.1) is 6.54 Å². The van der Waals surface area contributed by atoms with E-state index in [2.05, 4.69) is 5.32 Å². The minimum atomic E-state index is -0.156. The summed E-state index contributed by atoms with van der Waals surface area (Å²) < 4.78 is 0. The number of carbonyl (C=O) groups excluding carboxylic acids is 3. The van der Waals surface area contributed by atoms with Crippen molar-refractivity contribution < 1.29 is 14.4 Å². The molecular weight excluding hydrogens is 232 g/mol. The first-order valence-electron chi connectivity index (χ1n) is 5.76. The number of anilines is 1. The van der Waals surface area contributed by atoms with E-state index in [1.165, 1.54) is 4.90 Å². The second kappa shape index (κ2) is 5.00. The molecule has 0 aliphatic carbocycles. The zero-order valence-electron chi connectivity index (χ0n) is 10.1. The fourth-order valence-corrected chi connectivity index (χ4v) is 2.12.